The van der Waals surface area contributed by atoms with Crippen LogP contribution in [0.15, 0.2) is 10.7 Å². The average molecular weight is 290 g/mol. The van der Waals surface area contributed by atoms with Crippen LogP contribution in [0.2, 0.25) is 0 Å². The van der Waals surface area contributed by atoms with Crippen molar-refractivity contribution in [2.75, 3.05) is 13.2 Å². The topological polar surface area (TPSA) is 53.1 Å². The minimum Gasteiger partial charge on any atom is -0.381 e. The summed E-state index contributed by atoms with van der Waals surface area (Å²) in [6.07, 6.45) is 3.67. The molecular weight excluding hydrogens is 270 g/mol. The quantitative estimate of drug-likeness (QED) is 0.785. The molecule has 0 spiro atoms. The third-order valence-corrected chi connectivity index (χ3v) is 3.02. The Morgan fingerprint density at radius 2 is 2.25 bits per heavy atom. The molecule has 1 unspecified atom stereocenters. The van der Waals surface area contributed by atoms with Crippen molar-refractivity contribution in [2.45, 2.75) is 39.3 Å². The van der Waals surface area contributed by atoms with Gasteiger partial charge in [0.05, 0.1) is 22.4 Å². The highest BCUT2D eigenvalue weighted by atomic mass is 79.9. The molecule has 1 aromatic rings. The van der Waals surface area contributed by atoms with Crippen molar-refractivity contribution in [1.29, 1.82) is 0 Å². The fourth-order valence-corrected chi connectivity index (χ4v) is 2.18. The van der Waals surface area contributed by atoms with E-state index in [-0.39, 0.29) is 6.04 Å². The predicted octanol–water partition coefficient (Wildman–Crippen LogP) is 2.48. The van der Waals surface area contributed by atoms with Gasteiger partial charge in [0.1, 0.15) is 0 Å². The molecule has 92 valence electrons. The Morgan fingerprint density at radius 3 is 2.88 bits per heavy atom. The summed E-state index contributed by atoms with van der Waals surface area (Å²) in [5, 5.41) is 4.25. The van der Waals surface area contributed by atoms with Gasteiger partial charge in [-0.1, -0.05) is 6.92 Å². The lowest BCUT2D eigenvalue weighted by molar-refractivity contribution is 0.127. The highest BCUT2D eigenvalue weighted by molar-refractivity contribution is 9.10. The normalized spacial score (nSPS) is 13.0. The zero-order chi connectivity index (χ0) is 12.0. The fraction of sp³-hybridized carbons (Fsp3) is 0.727. The lowest BCUT2D eigenvalue weighted by atomic mass is 10.1. The maximum atomic E-state index is 6.13. The Labute approximate surface area is 105 Å². The van der Waals surface area contributed by atoms with Crippen LogP contribution in [0.5, 0.6) is 0 Å². The Balaban J connectivity index is 2.51. The third-order valence-electron chi connectivity index (χ3n) is 2.41. The van der Waals surface area contributed by atoms with Crippen molar-refractivity contribution in [3.8, 4) is 0 Å². The van der Waals surface area contributed by atoms with E-state index in [1.54, 1.807) is 6.20 Å². The maximum Gasteiger partial charge on any atom is 0.0694 e. The van der Waals surface area contributed by atoms with E-state index in [9.17, 15) is 0 Å². The SMILES string of the molecule is CCCOCCC(N)c1c(Br)cnn1CC. The van der Waals surface area contributed by atoms with E-state index < -0.39 is 0 Å². The number of hydrogen-bond acceptors (Lipinski definition) is 3. The van der Waals surface area contributed by atoms with Crippen molar-refractivity contribution in [2.24, 2.45) is 5.73 Å². The molecule has 1 heterocycles. The van der Waals surface area contributed by atoms with Crippen molar-refractivity contribution in [3.05, 3.63) is 16.4 Å². The maximum absolute atomic E-state index is 6.13. The number of hydrogen-bond donors (Lipinski definition) is 1. The molecule has 0 aromatic carbocycles. The van der Waals surface area contributed by atoms with E-state index in [4.69, 9.17) is 10.5 Å². The van der Waals surface area contributed by atoms with Gasteiger partial charge in [-0.05, 0) is 35.7 Å². The summed E-state index contributed by atoms with van der Waals surface area (Å²) in [6, 6.07) is -0.0197. The summed E-state index contributed by atoms with van der Waals surface area (Å²) >= 11 is 3.48. The summed E-state index contributed by atoms with van der Waals surface area (Å²) in [5.41, 5.74) is 7.19. The lowest BCUT2D eigenvalue weighted by Crippen LogP contribution is -2.18. The molecule has 0 aliphatic rings. The van der Waals surface area contributed by atoms with Crippen LogP contribution in [0, 0.1) is 0 Å². The smallest absolute Gasteiger partial charge is 0.0694 e. The van der Waals surface area contributed by atoms with Crippen LogP contribution in [0.1, 0.15) is 38.4 Å². The Kier molecular flexibility index (Phi) is 6.01. The molecule has 0 bridgehead atoms. The molecular formula is C11H20BrN3O. The van der Waals surface area contributed by atoms with E-state index in [0.717, 1.165) is 36.2 Å². The van der Waals surface area contributed by atoms with Gasteiger partial charge >= 0.3 is 0 Å². The predicted molar refractivity (Wildman–Crippen MR) is 68.3 cm³/mol. The second-order valence-corrected chi connectivity index (χ2v) is 4.56. The Hall–Kier alpha value is -0.390. The summed E-state index contributed by atoms with van der Waals surface area (Å²) in [4.78, 5) is 0. The summed E-state index contributed by atoms with van der Waals surface area (Å²) in [6.45, 7) is 6.51. The molecule has 16 heavy (non-hydrogen) atoms. The number of rotatable bonds is 7. The van der Waals surface area contributed by atoms with Gasteiger partial charge in [-0.3, -0.25) is 4.68 Å². The van der Waals surface area contributed by atoms with E-state index in [1.807, 2.05) is 4.68 Å². The molecule has 0 aliphatic heterocycles. The first kappa shape index (κ1) is 13.7. The average Bonchev–Trinajstić information content (AvgIpc) is 2.65. The lowest BCUT2D eigenvalue weighted by Gasteiger charge is -2.14. The largest absolute Gasteiger partial charge is 0.381 e. The zero-order valence-corrected chi connectivity index (χ0v) is 11.5. The van der Waals surface area contributed by atoms with Crippen LogP contribution in [0.4, 0.5) is 0 Å². The summed E-state index contributed by atoms with van der Waals surface area (Å²) < 4.78 is 8.35. The van der Waals surface area contributed by atoms with Gasteiger partial charge in [0.25, 0.3) is 0 Å². The zero-order valence-electron chi connectivity index (χ0n) is 9.95. The Morgan fingerprint density at radius 1 is 1.50 bits per heavy atom. The molecule has 0 aliphatic carbocycles. The fourth-order valence-electron chi connectivity index (χ4n) is 1.59. The highest BCUT2D eigenvalue weighted by Gasteiger charge is 2.15. The van der Waals surface area contributed by atoms with Gasteiger partial charge in [0, 0.05) is 19.8 Å². The number of nitrogens with zero attached hydrogens (tertiary/aromatic N) is 2. The van der Waals surface area contributed by atoms with Crippen molar-refractivity contribution >= 4 is 15.9 Å². The first-order chi connectivity index (χ1) is 7.70. The molecule has 1 atom stereocenters. The standard InChI is InChI=1S/C11H20BrN3O/c1-3-6-16-7-5-10(13)11-9(12)8-14-15(11)4-2/h8,10H,3-7,13H2,1-2H3. The monoisotopic (exact) mass is 289 g/mol. The molecule has 2 N–H and O–H groups in total. The van der Waals surface area contributed by atoms with E-state index >= 15 is 0 Å². The number of aryl methyl sites for hydroxylation is 1. The number of nitrogens with two attached hydrogens (primary N) is 1. The van der Waals surface area contributed by atoms with Gasteiger partial charge < -0.3 is 10.5 Å². The summed E-state index contributed by atoms with van der Waals surface area (Å²) in [7, 11) is 0. The molecule has 0 amide bonds. The van der Waals surface area contributed by atoms with Crippen molar-refractivity contribution in [1.82, 2.24) is 9.78 Å². The molecule has 0 radical (unpaired) electrons. The molecule has 0 saturated carbocycles. The summed E-state index contributed by atoms with van der Waals surface area (Å²) in [5.74, 6) is 0. The number of ether oxygens (including phenoxy) is 1. The minimum absolute atomic E-state index is 0.0197. The van der Waals surface area contributed by atoms with Gasteiger partial charge in [0.2, 0.25) is 0 Å². The third kappa shape index (κ3) is 3.57. The molecule has 1 aromatic heterocycles. The van der Waals surface area contributed by atoms with Crippen LogP contribution < -0.4 is 5.73 Å². The number of halogens is 1. The van der Waals surface area contributed by atoms with Crippen LogP contribution >= 0.6 is 15.9 Å². The van der Waals surface area contributed by atoms with E-state index in [0.29, 0.717) is 6.61 Å². The van der Waals surface area contributed by atoms with Crippen LogP contribution in [0.3, 0.4) is 0 Å². The van der Waals surface area contributed by atoms with Crippen molar-refractivity contribution in [3.63, 3.8) is 0 Å². The molecule has 5 heteroatoms. The van der Waals surface area contributed by atoms with Crippen LogP contribution in [0.25, 0.3) is 0 Å². The van der Waals surface area contributed by atoms with Gasteiger partial charge in [0.15, 0.2) is 0 Å². The first-order valence-corrected chi connectivity index (χ1v) is 6.54. The molecule has 0 saturated heterocycles. The van der Waals surface area contributed by atoms with Crippen molar-refractivity contribution < 1.29 is 4.74 Å². The first-order valence-electron chi connectivity index (χ1n) is 5.75. The van der Waals surface area contributed by atoms with Gasteiger partial charge in [-0.25, -0.2) is 0 Å². The molecule has 4 nitrogen and oxygen atoms in total. The minimum atomic E-state index is -0.0197. The van der Waals surface area contributed by atoms with Crippen LogP contribution in [-0.2, 0) is 11.3 Å². The molecule has 1 rings (SSSR count). The van der Waals surface area contributed by atoms with E-state index in [2.05, 4.69) is 34.9 Å². The number of aromatic nitrogens is 2. The van der Waals surface area contributed by atoms with Gasteiger partial charge in [-0.15, -0.1) is 0 Å². The van der Waals surface area contributed by atoms with Crippen LogP contribution in [-0.4, -0.2) is 23.0 Å². The Bertz CT molecular complexity index is 314. The molecule has 0 fully saturated rings. The second-order valence-electron chi connectivity index (χ2n) is 3.70. The van der Waals surface area contributed by atoms with Gasteiger partial charge in [-0.2, -0.15) is 5.10 Å². The second kappa shape index (κ2) is 7.04. The highest BCUT2D eigenvalue weighted by Crippen LogP contribution is 2.23. The van der Waals surface area contributed by atoms with E-state index in [1.165, 1.54) is 0 Å².